The molecule has 71 heavy (non-hydrogen) atoms. The fourth-order valence-electron chi connectivity index (χ4n) is 7.77. The number of urea groups is 1. The Hall–Kier alpha value is -6.63. The first kappa shape index (κ1) is 55.3. The number of aryl methyl sites for hydroxylation is 3. The van der Waals surface area contributed by atoms with E-state index in [9.17, 15) is 29.1 Å². The van der Waals surface area contributed by atoms with Crippen LogP contribution in [-0.2, 0) is 62.3 Å². The zero-order valence-electron chi connectivity index (χ0n) is 44.2. The molecule has 3 N–H and O–H groups in total. The van der Waals surface area contributed by atoms with Crippen molar-refractivity contribution in [2.24, 2.45) is 0 Å². The maximum Gasteiger partial charge on any atom is 0.350 e. The molecule has 2 heterocycles. The Morgan fingerprint density at radius 3 is 1.49 bits per heavy atom. The highest BCUT2D eigenvalue weighted by molar-refractivity contribution is 6.04. The zero-order chi connectivity index (χ0) is 52.5. The summed E-state index contributed by atoms with van der Waals surface area (Å²) in [7, 11) is 0. The predicted molar refractivity (Wildman–Crippen MR) is 278 cm³/mol. The highest BCUT2D eigenvalue weighted by Gasteiger charge is 2.38. The number of esters is 1. The lowest BCUT2D eigenvalue weighted by molar-refractivity contribution is -0.171. The van der Waals surface area contributed by atoms with Gasteiger partial charge in [-0.25, -0.2) is 19.2 Å². The summed E-state index contributed by atoms with van der Waals surface area (Å²) >= 11 is 0. The first-order valence-corrected chi connectivity index (χ1v) is 24.6. The topological polar surface area (TPSA) is 169 Å². The number of ether oxygens (including phenoxy) is 3. The molecule has 0 aliphatic carbocycles. The lowest BCUT2D eigenvalue weighted by atomic mass is 9.87. The highest BCUT2D eigenvalue weighted by atomic mass is 16.6. The maximum atomic E-state index is 12.9. The van der Waals surface area contributed by atoms with Crippen LogP contribution in [0.15, 0.2) is 108 Å². The molecule has 13 heteroatoms. The molecule has 1 saturated heterocycles. The molecule has 5 aromatic rings. The number of carboxylic acid groups (broad SMARTS) is 1. The van der Waals surface area contributed by atoms with Gasteiger partial charge in [0.1, 0.15) is 23.1 Å². The van der Waals surface area contributed by atoms with Gasteiger partial charge in [0.05, 0.1) is 13.1 Å². The lowest BCUT2D eigenvalue weighted by Crippen LogP contribution is -2.43. The first-order valence-electron chi connectivity index (χ1n) is 24.6. The molecule has 0 bridgehead atoms. The van der Waals surface area contributed by atoms with E-state index in [0.717, 1.165) is 60.1 Å². The van der Waals surface area contributed by atoms with Crippen LogP contribution in [0.4, 0.5) is 4.79 Å². The average Bonchev–Trinajstić information content (AvgIpc) is 3.75. The number of aromatic nitrogens is 2. The maximum absolute atomic E-state index is 12.9. The minimum atomic E-state index is -1.27. The third kappa shape index (κ3) is 16.5. The van der Waals surface area contributed by atoms with Gasteiger partial charge in [0.2, 0.25) is 0 Å². The van der Waals surface area contributed by atoms with E-state index in [2.05, 4.69) is 88.2 Å². The van der Waals surface area contributed by atoms with Crippen molar-refractivity contribution >= 4 is 23.9 Å². The number of aliphatic carboxylic acids is 1. The monoisotopic (exact) mass is 973 g/mol. The molecule has 6 rings (SSSR count). The fraction of sp³-hybridized carbons (Fsp3) is 0.466. The molecule has 4 aromatic carbocycles. The van der Waals surface area contributed by atoms with Crippen LogP contribution < -0.4 is 20.5 Å². The summed E-state index contributed by atoms with van der Waals surface area (Å²) in [5.41, 5.74) is 4.76. The molecule has 13 nitrogen and oxygen atoms in total. The number of imide groups is 1. The number of amides is 3. The smallest absolute Gasteiger partial charge is 0.350 e. The Bertz CT molecular complexity index is 2640. The molecule has 0 saturated carbocycles. The minimum absolute atomic E-state index is 0.0501. The lowest BCUT2D eigenvalue weighted by Gasteiger charge is -2.29. The molecule has 1 atom stereocenters. The van der Waals surface area contributed by atoms with Crippen LogP contribution in [0.1, 0.15) is 148 Å². The number of hydrogen-bond donors (Lipinski definition) is 3. The standard InChI is InChI=1S/C31H42N2O5.C27H34N2O4/c1-29(2,3)23-16-12-22(13-17-23)20-33-26(34)25(32-28(33)36)11-9-10-21-14-18-24(19-15-21)37-31(7,8)27(35)38-30(4,5)6;1-26(2,3)21-13-9-20(10-14-21)17-29-18-22(28-25(29)32)8-6-7-19-11-15-23(16-12-19)33-27(4,5)24(30)31/h12-19,25H,9-11,20H2,1-8H3,(H,32,36);9-16,18H,6-8,17H2,1-5H3,(H,28,32)(H,30,31). The van der Waals surface area contributed by atoms with Gasteiger partial charge in [-0.1, -0.05) is 114 Å². The number of hydrogen-bond acceptors (Lipinski definition) is 8. The molecule has 3 amide bonds. The number of benzene rings is 4. The molecule has 1 aliphatic rings. The summed E-state index contributed by atoms with van der Waals surface area (Å²) in [6.07, 6.45) is 6.48. The van der Waals surface area contributed by atoms with Gasteiger partial charge in [0, 0.05) is 11.9 Å². The number of aromatic amines is 1. The predicted octanol–water partition coefficient (Wildman–Crippen LogP) is 10.9. The summed E-state index contributed by atoms with van der Waals surface area (Å²) in [5.74, 6) is -0.497. The minimum Gasteiger partial charge on any atom is -0.478 e. The third-order valence-electron chi connectivity index (χ3n) is 12.1. The van der Waals surface area contributed by atoms with Gasteiger partial charge in [0.15, 0.2) is 11.2 Å². The molecule has 1 fully saturated rings. The Kier molecular flexibility index (Phi) is 17.6. The van der Waals surface area contributed by atoms with Crippen molar-refractivity contribution in [3.8, 4) is 11.5 Å². The molecule has 382 valence electrons. The molecule has 1 aliphatic heterocycles. The van der Waals surface area contributed by atoms with Gasteiger partial charge in [-0.15, -0.1) is 0 Å². The number of carboxylic acids is 1. The van der Waals surface area contributed by atoms with Crippen molar-refractivity contribution in [1.82, 2.24) is 19.8 Å². The van der Waals surface area contributed by atoms with Crippen molar-refractivity contribution in [2.75, 3.05) is 0 Å². The van der Waals surface area contributed by atoms with Gasteiger partial charge in [-0.3, -0.25) is 14.3 Å². The van der Waals surface area contributed by atoms with Gasteiger partial charge in [-0.05, 0) is 155 Å². The van der Waals surface area contributed by atoms with Gasteiger partial charge < -0.3 is 29.6 Å². The van der Waals surface area contributed by atoms with Gasteiger partial charge in [-0.2, -0.15) is 0 Å². The summed E-state index contributed by atoms with van der Waals surface area (Å²) in [6.45, 7) is 25.7. The van der Waals surface area contributed by atoms with E-state index in [1.54, 1.807) is 30.5 Å². The van der Waals surface area contributed by atoms with E-state index in [0.29, 0.717) is 24.5 Å². The largest absolute Gasteiger partial charge is 0.478 e. The summed E-state index contributed by atoms with van der Waals surface area (Å²) in [6, 6.07) is 30.7. The summed E-state index contributed by atoms with van der Waals surface area (Å²) in [5, 5.41) is 12.0. The molecule has 0 radical (unpaired) electrons. The van der Waals surface area contributed by atoms with Gasteiger partial charge >= 0.3 is 23.7 Å². The highest BCUT2D eigenvalue weighted by Crippen LogP contribution is 2.27. The van der Waals surface area contributed by atoms with E-state index >= 15 is 0 Å². The van der Waals surface area contributed by atoms with Crippen molar-refractivity contribution in [3.63, 3.8) is 0 Å². The number of H-pyrrole nitrogens is 1. The number of imidazole rings is 1. The van der Waals surface area contributed by atoms with E-state index in [1.807, 2.05) is 75.5 Å². The van der Waals surface area contributed by atoms with Crippen LogP contribution in [0.5, 0.6) is 11.5 Å². The Morgan fingerprint density at radius 1 is 0.577 bits per heavy atom. The SMILES string of the molecule is CC(C)(C)OC(=O)C(C)(C)Oc1ccc(CCCC2NC(=O)N(Cc3ccc(C(C)(C)C)cc3)C2=O)cc1.CC(C)(Oc1ccc(CCCc2cn(Cc3ccc(C(C)(C)C)cc3)c(=O)[nH]2)cc1)C(=O)O. The fourth-order valence-corrected chi connectivity index (χ4v) is 7.77. The molecular weight excluding hydrogens is 897 g/mol. The Morgan fingerprint density at radius 2 is 1.03 bits per heavy atom. The van der Waals surface area contributed by atoms with Crippen molar-refractivity contribution in [1.29, 1.82) is 0 Å². The number of carbonyl (C=O) groups is 4. The average molecular weight is 973 g/mol. The number of nitrogens with one attached hydrogen (secondary N) is 2. The quantitative estimate of drug-likeness (QED) is 0.0571. The van der Waals surface area contributed by atoms with Crippen molar-refractivity contribution < 1.29 is 38.5 Å². The number of rotatable bonds is 18. The normalized spacial score (nSPS) is 14.4. The van der Waals surface area contributed by atoms with Crippen molar-refractivity contribution in [2.45, 2.75) is 175 Å². The second-order valence-corrected chi connectivity index (χ2v) is 22.6. The van der Waals surface area contributed by atoms with Crippen LogP contribution in [0.25, 0.3) is 0 Å². The van der Waals surface area contributed by atoms with Crippen LogP contribution >= 0.6 is 0 Å². The zero-order valence-corrected chi connectivity index (χ0v) is 44.2. The van der Waals surface area contributed by atoms with Crippen LogP contribution in [-0.4, -0.2) is 66.3 Å². The van der Waals surface area contributed by atoms with E-state index in [-0.39, 0.29) is 35.0 Å². The van der Waals surface area contributed by atoms with E-state index < -0.39 is 34.8 Å². The van der Waals surface area contributed by atoms with Crippen LogP contribution in [0.2, 0.25) is 0 Å². The number of carbonyl (C=O) groups excluding carboxylic acids is 3. The van der Waals surface area contributed by atoms with E-state index in [4.69, 9.17) is 14.2 Å². The molecule has 0 spiro atoms. The Balaban J connectivity index is 0.000000267. The Labute approximate surface area is 420 Å². The molecule has 1 aromatic heterocycles. The van der Waals surface area contributed by atoms with Gasteiger partial charge in [0.25, 0.3) is 5.91 Å². The number of nitrogens with zero attached hydrogens (tertiary/aromatic N) is 2. The van der Waals surface area contributed by atoms with E-state index in [1.165, 1.54) is 29.9 Å². The van der Waals surface area contributed by atoms with Crippen LogP contribution in [0, 0.1) is 0 Å². The second kappa shape index (κ2) is 22.6. The summed E-state index contributed by atoms with van der Waals surface area (Å²) < 4.78 is 18.6. The molecular formula is C58H76N4O9. The van der Waals surface area contributed by atoms with Crippen LogP contribution in [0.3, 0.4) is 0 Å². The van der Waals surface area contributed by atoms with Crippen molar-refractivity contribution in [3.05, 3.63) is 153 Å². The molecule has 1 unspecified atom stereocenters. The third-order valence-corrected chi connectivity index (χ3v) is 12.1. The second-order valence-electron chi connectivity index (χ2n) is 22.6. The summed E-state index contributed by atoms with van der Waals surface area (Å²) in [4.78, 5) is 65.6. The first-order chi connectivity index (χ1) is 33.0.